The molecule has 0 aromatic heterocycles. The van der Waals surface area contributed by atoms with Crippen molar-refractivity contribution in [2.24, 2.45) is 5.92 Å². The molecule has 1 aliphatic carbocycles. The molecule has 0 saturated heterocycles. The largest absolute Gasteiger partial charge is 0.497 e. The number of hydrogen-bond donors (Lipinski definition) is 3. The lowest BCUT2D eigenvalue weighted by atomic mass is 10.1. The number of carboxylic acid groups (broad SMARTS) is 1. The smallest absolute Gasteiger partial charge is 0.319 e. The highest BCUT2D eigenvalue weighted by Gasteiger charge is 2.33. The van der Waals surface area contributed by atoms with E-state index in [1.165, 1.54) is 0 Å². The Hall–Kier alpha value is -1.76. The van der Waals surface area contributed by atoms with Gasteiger partial charge >= 0.3 is 12.0 Å². The molecular weight excluding hydrogens is 340 g/mol. The highest BCUT2D eigenvalue weighted by Crippen LogP contribution is 2.34. The minimum Gasteiger partial charge on any atom is -0.497 e. The Labute approximate surface area is 131 Å². The van der Waals surface area contributed by atoms with Crippen molar-refractivity contribution in [3.8, 4) is 5.75 Å². The summed E-state index contributed by atoms with van der Waals surface area (Å²) in [6.07, 6.45) is 1.86. The maximum atomic E-state index is 12.0. The number of halogens is 1. The monoisotopic (exact) mass is 356 g/mol. The number of methoxy groups -OCH3 is 1. The van der Waals surface area contributed by atoms with Gasteiger partial charge in [0.1, 0.15) is 5.75 Å². The van der Waals surface area contributed by atoms with Crippen LogP contribution in [0.5, 0.6) is 5.75 Å². The van der Waals surface area contributed by atoms with Crippen LogP contribution in [0.25, 0.3) is 0 Å². The van der Waals surface area contributed by atoms with Crippen LogP contribution in [0.15, 0.2) is 22.7 Å². The van der Waals surface area contributed by atoms with Gasteiger partial charge in [-0.1, -0.05) is 0 Å². The summed E-state index contributed by atoms with van der Waals surface area (Å²) in [6.45, 7) is 0. The molecule has 0 radical (unpaired) electrons. The van der Waals surface area contributed by atoms with Crippen molar-refractivity contribution < 1.29 is 19.4 Å². The van der Waals surface area contributed by atoms with E-state index in [1.807, 2.05) is 0 Å². The number of carbonyl (C=O) groups excluding carboxylic acids is 1. The molecule has 21 heavy (non-hydrogen) atoms. The molecule has 114 valence electrons. The second-order valence-corrected chi connectivity index (χ2v) is 5.84. The molecule has 1 unspecified atom stereocenters. The van der Waals surface area contributed by atoms with Gasteiger partial charge in [-0.3, -0.25) is 4.79 Å². The van der Waals surface area contributed by atoms with E-state index in [2.05, 4.69) is 26.6 Å². The average Bonchev–Trinajstić information content (AvgIpc) is 3.24. The molecule has 1 aromatic rings. The van der Waals surface area contributed by atoms with Crippen LogP contribution in [0.3, 0.4) is 0 Å². The molecule has 2 rings (SSSR count). The van der Waals surface area contributed by atoms with Crippen molar-refractivity contribution in [2.45, 2.75) is 25.3 Å². The van der Waals surface area contributed by atoms with Gasteiger partial charge in [0.05, 0.1) is 19.2 Å². The summed E-state index contributed by atoms with van der Waals surface area (Å²) in [6, 6.07) is 4.48. The van der Waals surface area contributed by atoms with Gasteiger partial charge in [0.15, 0.2) is 0 Å². The van der Waals surface area contributed by atoms with Gasteiger partial charge in [-0.2, -0.15) is 0 Å². The van der Waals surface area contributed by atoms with Crippen LogP contribution < -0.4 is 15.4 Å². The van der Waals surface area contributed by atoms with Gasteiger partial charge in [-0.05, 0) is 46.8 Å². The molecule has 1 aromatic carbocycles. The van der Waals surface area contributed by atoms with Crippen LogP contribution in [-0.4, -0.2) is 30.3 Å². The summed E-state index contributed by atoms with van der Waals surface area (Å²) >= 11 is 3.34. The van der Waals surface area contributed by atoms with Crippen molar-refractivity contribution in [1.82, 2.24) is 5.32 Å². The number of hydrogen-bond acceptors (Lipinski definition) is 3. The fraction of sp³-hybridized carbons (Fsp3) is 0.429. The van der Waals surface area contributed by atoms with E-state index in [4.69, 9.17) is 9.84 Å². The van der Waals surface area contributed by atoms with Crippen LogP contribution in [0.4, 0.5) is 10.5 Å². The van der Waals surface area contributed by atoms with E-state index in [1.54, 1.807) is 25.3 Å². The Kier molecular flexibility index (Phi) is 5.06. The number of aliphatic carboxylic acids is 1. The first kappa shape index (κ1) is 15.6. The Morgan fingerprint density at radius 3 is 2.76 bits per heavy atom. The topological polar surface area (TPSA) is 87.7 Å². The van der Waals surface area contributed by atoms with Crippen LogP contribution in [0, 0.1) is 5.92 Å². The summed E-state index contributed by atoms with van der Waals surface area (Å²) in [7, 11) is 1.54. The van der Waals surface area contributed by atoms with Gasteiger partial charge in [0.25, 0.3) is 0 Å². The molecule has 1 saturated carbocycles. The minimum atomic E-state index is -0.908. The van der Waals surface area contributed by atoms with E-state index < -0.39 is 12.0 Å². The van der Waals surface area contributed by atoms with E-state index >= 15 is 0 Å². The van der Waals surface area contributed by atoms with Crippen molar-refractivity contribution in [3.05, 3.63) is 22.7 Å². The maximum Gasteiger partial charge on any atom is 0.319 e. The number of ether oxygens (including phenoxy) is 1. The van der Waals surface area contributed by atoms with Gasteiger partial charge in [-0.15, -0.1) is 0 Å². The third-order valence-corrected chi connectivity index (χ3v) is 4.02. The van der Waals surface area contributed by atoms with Gasteiger partial charge in [-0.25, -0.2) is 4.79 Å². The molecule has 2 amide bonds. The quantitative estimate of drug-likeness (QED) is 0.731. The molecule has 7 heteroatoms. The molecule has 1 atom stereocenters. The first-order chi connectivity index (χ1) is 9.99. The van der Waals surface area contributed by atoms with Crippen LogP contribution in [-0.2, 0) is 4.79 Å². The molecule has 0 aliphatic heterocycles. The Bertz CT molecular complexity index is 546. The number of anilines is 1. The minimum absolute atomic E-state index is 0.0582. The number of benzene rings is 1. The lowest BCUT2D eigenvalue weighted by Gasteiger charge is -2.17. The summed E-state index contributed by atoms with van der Waals surface area (Å²) in [5.74, 6) is -0.0202. The van der Waals surface area contributed by atoms with Gasteiger partial charge in [0, 0.05) is 16.6 Å². The van der Waals surface area contributed by atoms with E-state index in [9.17, 15) is 9.59 Å². The average molecular weight is 357 g/mol. The Morgan fingerprint density at radius 2 is 2.19 bits per heavy atom. The zero-order valence-electron chi connectivity index (χ0n) is 11.6. The van der Waals surface area contributed by atoms with E-state index in [0.29, 0.717) is 11.4 Å². The molecular formula is C14H17BrN2O4. The van der Waals surface area contributed by atoms with E-state index in [0.717, 1.165) is 17.3 Å². The zero-order valence-corrected chi connectivity index (χ0v) is 13.1. The maximum absolute atomic E-state index is 12.0. The second kappa shape index (κ2) is 6.80. The summed E-state index contributed by atoms with van der Waals surface area (Å²) in [5, 5.41) is 14.3. The molecule has 3 N–H and O–H groups in total. The van der Waals surface area contributed by atoms with Crippen molar-refractivity contribution in [3.63, 3.8) is 0 Å². The predicted molar refractivity (Wildman–Crippen MR) is 81.6 cm³/mol. The molecule has 0 bridgehead atoms. The third-order valence-electron chi connectivity index (χ3n) is 3.32. The molecule has 0 spiro atoms. The highest BCUT2D eigenvalue weighted by molar-refractivity contribution is 9.10. The Balaban J connectivity index is 1.98. The predicted octanol–water partition coefficient (Wildman–Crippen LogP) is 2.83. The first-order valence-corrected chi connectivity index (χ1v) is 7.41. The normalized spacial score (nSPS) is 15.1. The zero-order chi connectivity index (χ0) is 15.4. The summed E-state index contributed by atoms with van der Waals surface area (Å²) in [4.78, 5) is 22.8. The highest BCUT2D eigenvalue weighted by atomic mass is 79.9. The number of carboxylic acids is 1. The molecule has 6 nitrogen and oxygen atoms in total. The van der Waals surface area contributed by atoms with Gasteiger partial charge < -0.3 is 20.5 Å². The van der Waals surface area contributed by atoms with Crippen LogP contribution >= 0.6 is 15.9 Å². The van der Waals surface area contributed by atoms with Crippen LogP contribution in [0.1, 0.15) is 19.3 Å². The number of urea groups is 1. The standard InChI is InChI=1S/C14H17BrN2O4/c1-21-9-4-5-10(15)12(6-9)17-14(20)16-11(7-13(18)19)8-2-3-8/h4-6,8,11H,2-3,7H2,1H3,(H,18,19)(H2,16,17,20). The number of nitrogens with one attached hydrogen (secondary N) is 2. The fourth-order valence-electron chi connectivity index (χ4n) is 2.08. The van der Waals surface area contributed by atoms with Crippen molar-refractivity contribution in [1.29, 1.82) is 0 Å². The molecule has 1 aliphatic rings. The first-order valence-electron chi connectivity index (χ1n) is 6.62. The van der Waals surface area contributed by atoms with Crippen molar-refractivity contribution in [2.75, 3.05) is 12.4 Å². The molecule has 0 heterocycles. The Morgan fingerprint density at radius 1 is 1.48 bits per heavy atom. The lowest BCUT2D eigenvalue weighted by Crippen LogP contribution is -2.40. The van der Waals surface area contributed by atoms with Gasteiger partial charge in [0.2, 0.25) is 0 Å². The van der Waals surface area contributed by atoms with E-state index in [-0.39, 0.29) is 18.4 Å². The second-order valence-electron chi connectivity index (χ2n) is 4.99. The number of amides is 2. The summed E-state index contributed by atoms with van der Waals surface area (Å²) in [5.41, 5.74) is 0.566. The fourth-order valence-corrected chi connectivity index (χ4v) is 2.42. The van der Waals surface area contributed by atoms with Crippen molar-refractivity contribution >= 4 is 33.6 Å². The van der Waals surface area contributed by atoms with Crippen LogP contribution in [0.2, 0.25) is 0 Å². The third kappa shape index (κ3) is 4.63. The SMILES string of the molecule is COc1ccc(Br)c(NC(=O)NC(CC(=O)O)C2CC2)c1. The number of carbonyl (C=O) groups is 2. The lowest BCUT2D eigenvalue weighted by molar-refractivity contribution is -0.137. The number of rotatable bonds is 6. The summed E-state index contributed by atoms with van der Waals surface area (Å²) < 4.78 is 5.83. The molecule has 1 fully saturated rings.